The summed E-state index contributed by atoms with van der Waals surface area (Å²) in [5.41, 5.74) is 0.693. The highest BCUT2D eigenvalue weighted by Gasteiger charge is 2.15. The molecule has 1 heterocycles. The summed E-state index contributed by atoms with van der Waals surface area (Å²) in [5.74, 6) is -0.385. The third-order valence-corrected chi connectivity index (χ3v) is 8.34. The Hall–Kier alpha value is -2.54. The van der Waals surface area contributed by atoms with Crippen LogP contribution in [0.25, 0.3) is 6.08 Å². The number of hydrogen-bond acceptors (Lipinski definition) is 7. The van der Waals surface area contributed by atoms with E-state index in [-0.39, 0.29) is 24.9 Å². The smallest absolute Gasteiger partial charge is 0.330 e. The summed E-state index contributed by atoms with van der Waals surface area (Å²) in [6.07, 6.45) is 29.4. The molecular formula is C37H60O7. The Bertz CT molecular complexity index is 913. The minimum Gasteiger partial charge on any atom is -0.504 e. The number of aromatic hydroxyl groups is 1. The van der Waals surface area contributed by atoms with E-state index in [2.05, 4.69) is 0 Å². The molecule has 1 aliphatic rings. The summed E-state index contributed by atoms with van der Waals surface area (Å²) in [6, 6.07) is 4.81. The Labute approximate surface area is 267 Å². The molecule has 7 nitrogen and oxygen atoms in total. The average molecular weight is 617 g/mol. The number of phenols is 1. The number of cyclic esters (lactones) is 1. The maximum atomic E-state index is 12.4. The SMILES string of the molecule is COc1cc(C=CC(=O)OC[C@H]2COC(=O)CCCCCCCCCCCCCCCCCCCCCCCO2)ccc1O. The number of esters is 2. The van der Waals surface area contributed by atoms with E-state index in [4.69, 9.17) is 18.9 Å². The van der Waals surface area contributed by atoms with E-state index >= 15 is 0 Å². The van der Waals surface area contributed by atoms with Crippen molar-refractivity contribution < 1.29 is 33.6 Å². The molecule has 44 heavy (non-hydrogen) atoms. The monoisotopic (exact) mass is 616 g/mol. The molecule has 0 spiro atoms. The Morgan fingerprint density at radius 1 is 0.795 bits per heavy atom. The molecule has 2 rings (SSSR count). The molecule has 0 amide bonds. The molecule has 1 atom stereocenters. The minimum atomic E-state index is -0.519. The van der Waals surface area contributed by atoms with Gasteiger partial charge in [0.1, 0.15) is 19.3 Å². The number of hydrogen-bond donors (Lipinski definition) is 1. The van der Waals surface area contributed by atoms with E-state index in [1.54, 1.807) is 18.2 Å². The van der Waals surface area contributed by atoms with Gasteiger partial charge in [0.2, 0.25) is 0 Å². The number of carbonyl (C=O) groups excluding carboxylic acids is 2. The third-order valence-electron chi connectivity index (χ3n) is 8.34. The molecule has 1 N–H and O–H groups in total. The van der Waals surface area contributed by atoms with Crippen molar-refractivity contribution in [1.82, 2.24) is 0 Å². The first-order valence-electron chi connectivity index (χ1n) is 17.6. The van der Waals surface area contributed by atoms with Crippen LogP contribution in [0.2, 0.25) is 0 Å². The Kier molecular flexibility index (Phi) is 22.0. The molecule has 0 unspecified atom stereocenters. The molecule has 0 aliphatic carbocycles. The van der Waals surface area contributed by atoms with Gasteiger partial charge in [-0.25, -0.2) is 4.79 Å². The fourth-order valence-electron chi connectivity index (χ4n) is 5.57. The van der Waals surface area contributed by atoms with Crippen molar-refractivity contribution in [2.45, 2.75) is 147 Å². The normalized spacial score (nSPS) is 21.0. The van der Waals surface area contributed by atoms with Crippen molar-refractivity contribution in [3.8, 4) is 11.5 Å². The van der Waals surface area contributed by atoms with Crippen LogP contribution in [0.4, 0.5) is 0 Å². The van der Waals surface area contributed by atoms with E-state index in [9.17, 15) is 14.7 Å². The molecule has 0 radical (unpaired) electrons. The summed E-state index contributed by atoms with van der Waals surface area (Å²) < 4.78 is 22.1. The molecular weight excluding hydrogens is 556 g/mol. The molecule has 1 saturated heterocycles. The standard InChI is InChI=1S/C37H60O7/c1-41-35-29-32(24-26-34(35)38)25-27-37(40)44-31-33-30-43-36(39)23-21-19-17-15-13-11-9-7-5-3-2-4-6-8-10-12-14-16-18-20-22-28-42-33/h24-27,29,33,38H,2-23,28,30-31H2,1H3/t33-/m1/s1. The molecule has 7 heteroatoms. The van der Waals surface area contributed by atoms with Gasteiger partial charge in [-0.05, 0) is 36.6 Å². The molecule has 1 aliphatic heterocycles. The van der Waals surface area contributed by atoms with E-state index in [1.807, 2.05) is 0 Å². The van der Waals surface area contributed by atoms with Gasteiger partial charge in [0.15, 0.2) is 11.5 Å². The maximum Gasteiger partial charge on any atom is 0.330 e. The number of methoxy groups -OCH3 is 1. The summed E-state index contributed by atoms with van der Waals surface area (Å²) in [5, 5.41) is 9.75. The minimum absolute atomic E-state index is 0.00928. The van der Waals surface area contributed by atoms with Gasteiger partial charge in [0, 0.05) is 19.1 Å². The third kappa shape index (κ3) is 19.7. The lowest BCUT2D eigenvalue weighted by molar-refractivity contribution is -0.153. The summed E-state index contributed by atoms with van der Waals surface area (Å²) >= 11 is 0. The highest BCUT2D eigenvalue weighted by Crippen LogP contribution is 2.26. The number of carbonyl (C=O) groups is 2. The first-order chi connectivity index (χ1) is 21.6. The van der Waals surface area contributed by atoms with Gasteiger partial charge < -0.3 is 24.1 Å². The van der Waals surface area contributed by atoms with E-state index in [1.165, 1.54) is 128 Å². The lowest BCUT2D eigenvalue weighted by Gasteiger charge is -2.18. The molecule has 250 valence electrons. The quantitative estimate of drug-likeness (QED) is 0.260. The van der Waals surface area contributed by atoms with Gasteiger partial charge in [-0.3, -0.25) is 4.79 Å². The van der Waals surface area contributed by atoms with Crippen molar-refractivity contribution in [2.24, 2.45) is 0 Å². The van der Waals surface area contributed by atoms with Gasteiger partial charge in [-0.15, -0.1) is 0 Å². The first kappa shape index (κ1) is 37.6. The highest BCUT2D eigenvalue weighted by molar-refractivity contribution is 5.87. The first-order valence-corrected chi connectivity index (χ1v) is 17.6. The number of ether oxygens (including phenoxy) is 4. The van der Waals surface area contributed by atoms with Crippen LogP contribution < -0.4 is 4.74 Å². The molecule has 1 aromatic rings. The maximum absolute atomic E-state index is 12.4. The van der Waals surface area contributed by atoms with Crippen molar-refractivity contribution in [1.29, 1.82) is 0 Å². The van der Waals surface area contributed by atoms with Crippen LogP contribution in [0.3, 0.4) is 0 Å². The van der Waals surface area contributed by atoms with E-state index in [0.717, 1.165) is 25.7 Å². The fraction of sp³-hybridized carbons (Fsp3) is 0.730. The molecule has 0 aromatic heterocycles. The molecule has 0 bridgehead atoms. The predicted molar refractivity (Wildman–Crippen MR) is 177 cm³/mol. The van der Waals surface area contributed by atoms with Crippen molar-refractivity contribution in [3.63, 3.8) is 0 Å². The van der Waals surface area contributed by atoms with E-state index < -0.39 is 12.1 Å². The summed E-state index contributed by atoms with van der Waals surface area (Å²) in [6.45, 7) is 0.628. The van der Waals surface area contributed by atoms with Crippen LogP contribution in [0.5, 0.6) is 11.5 Å². The summed E-state index contributed by atoms with van der Waals surface area (Å²) in [4.78, 5) is 24.8. The highest BCUT2D eigenvalue weighted by atomic mass is 16.6. The largest absolute Gasteiger partial charge is 0.504 e. The fourth-order valence-corrected chi connectivity index (χ4v) is 5.57. The zero-order valence-corrected chi connectivity index (χ0v) is 27.5. The van der Waals surface area contributed by atoms with E-state index in [0.29, 0.717) is 24.3 Å². The molecule has 1 fully saturated rings. The number of phenolic OH excluding ortho intramolecular Hbond substituents is 1. The van der Waals surface area contributed by atoms with Crippen molar-refractivity contribution in [3.05, 3.63) is 29.8 Å². The van der Waals surface area contributed by atoms with Crippen molar-refractivity contribution in [2.75, 3.05) is 26.9 Å². The molecule has 0 saturated carbocycles. The molecule has 1 aromatic carbocycles. The Morgan fingerprint density at radius 2 is 1.30 bits per heavy atom. The predicted octanol–water partition coefficient (Wildman–Crippen LogP) is 9.48. The lowest BCUT2D eigenvalue weighted by atomic mass is 10.0. The van der Waals surface area contributed by atoms with Crippen LogP contribution >= 0.6 is 0 Å². The van der Waals surface area contributed by atoms with Gasteiger partial charge in [0.25, 0.3) is 0 Å². The second kappa shape index (κ2) is 25.8. The van der Waals surface area contributed by atoms with Gasteiger partial charge >= 0.3 is 11.9 Å². The van der Waals surface area contributed by atoms with Gasteiger partial charge in [-0.1, -0.05) is 128 Å². The van der Waals surface area contributed by atoms with Crippen LogP contribution in [-0.2, 0) is 23.8 Å². The lowest BCUT2D eigenvalue weighted by Crippen LogP contribution is -2.28. The van der Waals surface area contributed by atoms with Crippen molar-refractivity contribution >= 4 is 18.0 Å². The number of benzene rings is 1. The van der Waals surface area contributed by atoms with Crippen LogP contribution in [0, 0.1) is 0 Å². The van der Waals surface area contributed by atoms with Crippen LogP contribution in [-0.4, -0.2) is 50.1 Å². The summed E-state index contributed by atoms with van der Waals surface area (Å²) in [7, 11) is 1.47. The van der Waals surface area contributed by atoms with Crippen LogP contribution in [0.1, 0.15) is 147 Å². The Morgan fingerprint density at radius 3 is 1.82 bits per heavy atom. The zero-order valence-electron chi connectivity index (χ0n) is 27.5. The van der Waals surface area contributed by atoms with Crippen LogP contribution in [0.15, 0.2) is 24.3 Å². The zero-order chi connectivity index (χ0) is 31.5. The number of rotatable bonds is 5. The van der Waals surface area contributed by atoms with Gasteiger partial charge in [0.05, 0.1) is 7.11 Å². The second-order valence-electron chi connectivity index (χ2n) is 12.2. The van der Waals surface area contributed by atoms with Gasteiger partial charge in [-0.2, -0.15) is 0 Å². The average Bonchev–Trinajstić information content (AvgIpc) is 3.03. The Balaban J connectivity index is 1.78. The topological polar surface area (TPSA) is 91.3 Å². The second-order valence-corrected chi connectivity index (χ2v) is 12.2.